The van der Waals surface area contributed by atoms with Gasteiger partial charge in [0.15, 0.2) is 5.84 Å². The van der Waals surface area contributed by atoms with Crippen LogP contribution in [0.4, 0.5) is 0 Å². The highest BCUT2D eigenvalue weighted by Gasteiger charge is 2.19. The highest BCUT2D eigenvalue weighted by atomic mass is 15.0. The van der Waals surface area contributed by atoms with E-state index in [2.05, 4.69) is 175 Å². The zero-order valence-electron chi connectivity index (χ0n) is 28.8. The van der Waals surface area contributed by atoms with Crippen molar-refractivity contribution in [2.24, 2.45) is 9.98 Å². The van der Waals surface area contributed by atoms with Crippen LogP contribution in [0.25, 0.3) is 60.7 Å². The number of aromatic nitrogens is 1. The van der Waals surface area contributed by atoms with Crippen LogP contribution in [0.15, 0.2) is 168 Å². The lowest BCUT2D eigenvalue weighted by atomic mass is 10.0. The van der Waals surface area contributed by atoms with Gasteiger partial charge in [-0.25, -0.2) is 9.98 Å². The zero-order chi connectivity index (χ0) is 34.3. The summed E-state index contributed by atoms with van der Waals surface area (Å²) in [7, 11) is 0. The molecule has 51 heavy (non-hydrogen) atoms. The Labute approximate surface area is 298 Å². The first kappa shape index (κ1) is 30.7. The quantitative estimate of drug-likeness (QED) is 0.130. The van der Waals surface area contributed by atoms with Crippen LogP contribution in [0, 0.1) is 0 Å². The number of hydrogen-bond donors (Lipinski definition) is 0. The Morgan fingerprint density at radius 2 is 1.24 bits per heavy atom. The Bertz CT molecular complexity index is 2770. The maximum atomic E-state index is 5.29. The first-order valence-electron chi connectivity index (χ1n) is 17.8. The molecule has 3 nitrogen and oxygen atoms in total. The van der Waals surface area contributed by atoms with E-state index in [1.165, 1.54) is 54.8 Å². The summed E-state index contributed by atoms with van der Waals surface area (Å²) in [5, 5.41) is 8.50. The molecule has 0 bridgehead atoms. The van der Waals surface area contributed by atoms with E-state index in [1.807, 2.05) is 6.92 Å². The second-order valence-corrected chi connectivity index (χ2v) is 13.3. The zero-order valence-corrected chi connectivity index (χ0v) is 28.8. The summed E-state index contributed by atoms with van der Waals surface area (Å²) < 4.78 is 2.44. The van der Waals surface area contributed by atoms with E-state index in [0.717, 1.165) is 46.3 Å². The SMILES string of the molecule is C/C=C(/N=C(\N=C(/C)c1ccc2c(-n3c4c(c5ccccc53)CCC=C4)cccc2c1)c1ccc2ccccc2c1)c1ccc2ccccc2c1. The van der Waals surface area contributed by atoms with Gasteiger partial charge in [-0.2, -0.15) is 0 Å². The van der Waals surface area contributed by atoms with Gasteiger partial charge < -0.3 is 4.57 Å². The van der Waals surface area contributed by atoms with Crippen LogP contribution in [-0.2, 0) is 6.42 Å². The first-order valence-corrected chi connectivity index (χ1v) is 17.8. The smallest absolute Gasteiger partial charge is 0.160 e. The molecule has 0 saturated carbocycles. The van der Waals surface area contributed by atoms with Crippen molar-refractivity contribution < 1.29 is 0 Å². The van der Waals surface area contributed by atoms with Crippen molar-refractivity contribution >= 4 is 66.5 Å². The molecule has 9 rings (SSSR count). The third-order valence-electron chi connectivity index (χ3n) is 10.2. The molecule has 0 spiro atoms. The third-order valence-corrected chi connectivity index (χ3v) is 10.2. The Morgan fingerprint density at radius 1 is 0.588 bits per heavy atom. The van der Waals surface area contributed by atoms with E-state index in [0.29, 0.717) is 5.84 Å². The van der Waals surface area contributed by atoms with Gasteiger partial charge in [0.1, 0.15) is 0 Å². The van der Waals surface area contributed by atoms with Crippen molar-refractivity contribution in [2.75, 3.05) is 0 Å². The summed E-state index contributed by atoms with van der Waals surface area (Å²) in [4.78, 5) is 10.6. The molecule has 1 heterocycles. The number of aliphatic imine (C=N–C) groups is 2. The second kappa shape index (κ2) is 12.9. The molecular weight excluding hydrogens is 619 g/mol. The molecule has 0 N–H and O–H groups in total. The summed E-state index contributed by atoms with van der Waals surface area (Å²) in [5.74, 6) is 0.686. The summed E-state index contributed by atoms with van der Waals surface area (Å²) in [6.07, 6.45) is 8.83. The molecule has 1 aromatic heterocycles. The Hall–Kier alpha value is -6.32. The van der Waals surface area contributed by atoms with E-state index in [1.54, 1.807) is 0 Å². The second-order valence-electron chi connectivity index (χ2n) is 13.3. The van der Waals surface area contributed by atoms with Gasteiger partial charge in [0.05, 0.1) is 16.9 Å². The van der Waals surface area contributed by atoms with E-state index >= 15 is 0 Å². The highest BCUT2D eigenvalue weighted by Crippen LogP contribution is 2.36. The molecular formula is C48H37N3. The largest absolute Gasteiger partial charge is 0.309 e. The lowest BCUT2D eigenvalue weighted by Gasteiger charge is -2.15. The monoisotopic (exact) mass is 655 g/mol. The van der Waals surface area contributed by atoms with Gasteiger partial charge in [0.2, 0.25) is 0 Å². The van der Waals surface area contributed by atoms with Crippen LogP contribution in [0.1, 0.15) is 48.2 Å². The Kier molecular flexibility index (Phi) is 7.74. The Morgan fingerprint density at radius 3 is 2.02 bits per heavy atom. The summed E-state index contributed by atoms with van der Waals surface area (Å²) in [5.41, 5.74) is 10.1. The molecule has 8 aromatic rings. The van der Waals surface area contributed by atoms with Gasteiger partial charge in [-0.1, -0.05) is 127 Å². The van der Waals surface area contributed by atoms with Crippen LogP contribution < -0.4 is 0 Å². The molecule has 1 aliphatic rings. The van der Waals surface area contributed by atoms with Crippen LogP contribution in [0.3, 0.4) is 0 Å². The van der Waals surface area contributed by atoms with E-state index < -0.39 is 0 Å². The molecule has 0 radical (unpaired) electrons. The number of allylic oxidation sites excluding steroid dienone is 2. The number of benzene rings is 7. The molecule has 1 aliphatic carbocycles. The van der Waals surface area contributed by atoms with Crippen molar-refractivity contribution in [3.63, 3.8) is 0 Å². The average Bonchev–Trinajstić information content (AvgIpc) is 3.52. The minimum absolute atomic E-state index is 0.686. The fourth-order valence-electron chi connectivity index (χ4n) is 7.60. The molecule has 7 aromatic carbocycles. The molecule has 244 valence electrons. The van der Waals surface area contributed by atoms with E-state index in [-0.39, 0.29) is 0 Å². The summed E-state index contributed by atoms with van der Waals surface area (Å²) in [6.45, 7) is 4.14. The minimum Gasteiger partial charge on any atom is -0.309 e. The van der Waals surface area contributed by atoms with Gasteiger partial charge in [0.25, 0.3) is 0 Å². The van der Waals surface area contributed by atoms with E-state index in [9.17, 15) is 0 Å². The predicted molar refractivity (Wildman–Crippen MR) is 218 cm³/mol. The van der Waals surface area contributed by atoms with Crippen molar-refractivity contribution in [3.05, 3.63) is 186 Å². The maximum Gasteiger partial charge on any atom is 0.160 e. The lowest BCUT2D eigenvalue weighted by molar-refractivity contribution is 0.970. The first-order chi connectivity index (χ1) is 25.1. The van der Waals surface area contributed by atoms with Crippen molar-refractivity contribution in [1.82, 2.24) is 4.57 Å². The van der Waals surface area contributed by atoms with E-state index in [4.69, 9.17) is 9.98 Å². The number of amidine groups is 1. The lowest BCUT2D eigenvalue weighted by Crippen LogP contribution is -2.05. The number of rotatable bonds is 5. The van der Waals surface area contributed by atoms with Gasteiger partial charge in [0, 0.05) is 33.3 Å². The molecule has 3 heteroatoms. The maximum absolute atomic E-state index is 5.29. The molecule has 0 atom stereocenters. The molecule has 0 fully saturated rings. The minimum atomic E-state index is 0.686. The predicted octanol–water partition coefficient (Wildman–Crippen LogP) is 12.4. The van der Waals surface area contributed by atoms with Crippen LogP contribution in [-0.4, -0.2) is 16.1 Å². The van der Waals surface area contributed by atoms with Gasteiger partial charge >= 0.3 is 0 Å². The molecule has 0 saturated heterocycles. The van der Waals surface area contributed by atoms with Crippen molar-refractivity contribution in [2.45, 2.75) is 26.7 Å². The fourth-order valence-corrected chi connectivity index (χ4v) is 7.60. The topological polar surface area (TPSA) is 29.6 Å². The molecule has 0 aliphatic heterocycles. The number of fused-ring (bicyclic) bond motifs is 6. The normalized spacial score (nSPS) is 13.8. The van der Waals surface area contributed by atoms with Gasteiger partial charge in [-0.05, 0) is 101 Å². The van der Waals surface area contributed by atoms with Crippen LogP contribution in [0.5, 0.6) is 0 Å². The standard InChI is InChI=1S/C48H37N3/c1-3-44(39-25-23-33-13-4-6-15-36(33)30-39)50-48(40-26-24-34-14-5-7-16-37(34)31-40)49-32(2)35-27-28-41-38(29-35)17-12-22-45(41)51-46-20-10-8-18-42(46)43-19-9-11-21-47(43)51/h3-8,10-18,20-31H,9,19H2,1-2H3/b44-3+,49-32+,50-48-. The number of nitrogens with zero attached hydrogens (tertiary/aromatic N) is 3. The Balaban J connectivity index is 1.16. The van der Waals surface area contributed by atoms with Crippen molar-refractivity contribution in [3.8, 4) is 5.69 Å². The van der Waals surface area contributed by atoms with Gasteiger partial charge in [-0.3, -0.25) is 0 Å². The average molecular weight is 656 g/mol. The summed E-state index contributed by atoms with van der Waals surface area (Å²) >= 11 is 0. The number of aryl methyl sites for hydroxylation is 1. The highest BCUT2D eigenvalue weighted by molar-refractivity contribution is 6.14. The van der Waals surface area contributed by atoms with Crippen LogP contribution in [0.2, 0.25) is 0 Å². The summed E-state index contributed by atoms with van der Waals surface area (Å²) in [6, 6.07) is 52.1. The number of para-hydroxylation sites is 1. The van der Waals surface area contributed by atoms with Gasteiger partial charge in [-0.15, -0.1) is 0 Å². The van der Waals surface area contributed by atoms with Crippen molar-refractivity contribution in [1.29, 1.82) is 0 Å². The molecule has 0 amide bonds. The molecule has 0 unspecified atom stereocenters. The third kappa shape index (κ3) is 5.57. The van der Waals surface area contributed by atoms with Crippen LogP contribution >= 0.6 is 0 Å². The number of hydrogen-bond acceptors (Lipinski definition) is 1. The fraction of sp³-hybridized carbons (Fsp3) is 0.0833.